The predicted octanol–water partition coefficient (Wildman–Crippen LogP) is 3.51. The van der Waals surface area contributed by atoms with Crippen LogP contribution >= 0.6 is 23.1 Å². The van der Waals surface area contributed by atoms with Crippen LogP contribution in [-0.4, -0.2) is 28.3 Å². The van der Waals surface area contributed by atoms with Crippen molar-refractivity contribution in [1.82, 2.24) is 10.2 Å². The molecule has 0 aliphatic rings. The standard InChI is InChI=1S/C14H17N3OS2/c1-4-10-5-7-11(8-6-10)12(18)9(2)19-14-17-16-13(15-3)20-14/h5-9H,4H2,1-3H3,(H,15,16)/t9-/m0/s1. The summed E-state index contributed by atoms with van der Waals surface area (Å²) in [5.41, 5.74) is 1.99. The van der Waals surface area contributed by atoms with Crippen molar-refractivity contribution in [3.8, 4) is 0 Å². The van der Waals surface area contributed by atoms with E-state index in [1.807, 2.05) is 31.2 Å². The highest BCUT2D eigenvalue weighted by Gasteiger charge is 2.18. The van der Waals surface area contributed by atoms with Crippen molar-refractivity contribution < 1.29 is 4.79 Å². The quantitative estimate of drug-likeness (QED) is 0.654. The Morgan fingerprint density at radius 2 is 2.05 bits per heavy atom. The van der Waals surface area contributed by atoms with Crippen LogP contribution in [0.1, 0.15) is 29.8 Å². The molecular weight excluding hydrogens is 290 g/mol. The number of aromatic nitrogens is 2. The maximum atomic E-state index is 12.3. The minimum Gasteiger partial charge on any atom is -0.363 e. The van der Waals surface area contributed by atoms with E-state index in [2.05, 4.69) is 22.4 Å². The maximum Gasteiger partial charge on any atom is 0.206 e. The zero-order valence-electron chi connectivity index (χ0n) is 11.7. The van der Waals surface area contributed by atoms with Gasteiger partial charge in [0.2, 0.25) is 5.13 Å². The summed E-state index contributed by atoms with van der Waals surface area (Å²) >= 11 is 2.91. The van der Waals surface area contributed by atoms with Crippen molar-refractivity contribution in [2.75, 3.05) is 12.4 Å². The summed E-state index contributed by atoms with van der Waals surface area (Å²) in [6.45, 7) is 4.01. The number of nitrogens with zero attached hydrogens (tertiary/aromatic N) is 2. The van der Waals surface area contributed by atoms with E-state index in [-0.39, 0.29) is 11.0 Å². The molecule has 0 amide bonds. The largest absolute Gasteiger partial charge is 0.363 e. The number of carbonyl (C=O) groups is 1. The average molecular weight is 307 g/mol. The van der Waals surface area contributed by atoms with E-state index in [0.717, 1.165) is 21.5 Å². The fraction of sp³-hybridized carbons (Fsp3) is 0.357. The van der Waals surface area contributed by atoms with Crippen LogP contribution in [0, 0.1) is 0 Å². The molecule has 0 spiro atoms. The molecule has 4 nitrogen and oxygen atoms in total. The van der Waals surface area contributed by atoms with Gasteiger partial charge in [0.05, 0.1) is 5.25 Å². The monoisotopic (exact) mass is 307 g/mol. The first-order valence-electron chi connectivity index (χ1n) is 6.45. The molecule has 106 valence electrons. The summed E-state index contributed by atoms with van der Waals surface area (Å²) in [5.74, 6) is 0.124. The van der Waals surface area contributed by atoms with E-state index in [4.69, 9.17) is 0 Å². The van der Waals surface area contributed by atoms with E-state index < -0.39 is 0 Å². The van der Waals surface area contributed by atoms with E-state index >= 15 is 0 Å². The fourth-order valence-corrected chi connectivity index (χ4v) is 3.63. The third kappa shape index (κ3) is 3.58. The van der Waals surface area contributed by atoms with Crippen molar-refractivity contribution in [3.63, 3.8) is 0 Å². The van der Waals surface area contributed by atoms with Crippen LogP contribution in [0.2, 0.25) is 0 Å². The van der Waals surface area contributed by atoms with E-state index in [0.29, 0.717) is 0 Å². The Labute approximate surface area is 127 Å². The lowest BCUT2D eigenvalue weighted by Crippen LogP contribution is -2.13. The summed E-state index contributed by atoms with van der Waals surface area (Å²) < 4.78 is 0.806. The molecule has 0 aliphatic heterocycles. The van der Waals surface area contributed by atoms with Crippen LogP contribution < -0.4 is 5.32 Å². The first-order valence-corrected chi connectivity index (χ1v) is 8.14. The first-order chi connectivity index (χ1) is 9.63. The number of hydrogen-bond donors (Lipinski definition) is 1. The Morgan fingerprint density at radius 3 is 2.60 bits per heavy atom. The molecule has 1 aromatic heterocycles. The smallest absolute Gasteiger partial charge is 0.206 e. The highest BCUT2D eigenvalue weighted by Crippen LogP contribution is 2.30. The van der Waals surface area contributed by atoms with E-state index in [9.17, 15) is 4.79 Å². The summed E-state index contributed by atoms with van der Waals surface area (Å²) in [6, 6.07) is 7.82. The number of aryl methyl sites for hydroxylation is 1. The minimum atomic E-state index is -0.167. The van der Waals surface area contributed by atoms with Gasteiger partial charge in [0.15, 0.2) is 10.1 Å². The van der Waals surface area contributed by atoms with Gasteiger partial charge in [-0.3, -0.25) is 4.79 Å². The summed E-state index contributed by atoms with van der Waals surface area (Å²) in [5, 5.41) is 11.6. The second-order valence-corrected chi connectivity index (χ2v) is 6.86. The van der Waals surface area contributed by atoms with Gasteiger partial charge in [-0.25, -0.2) is 0 Å². The van der Waals surface area contributed by atoms with Crippen LogP contribution in [0.5, 0.6) is 0 Å². The number of carbonyl (C=O) groups excluding carboxylic acids is 1. The van der Waals surface area contributed by atoms with Crippen molar-refractivity contribution in [2.45, 2.75) is 29.9 Å². The number of thioether (sulfide) groups is 1. The number of Topliss-reactive ketones (excluding diaryl/α,β-unsaturated/α-hetero) is 1. The fourth-order valence-electron chi connectivity index (χ4n) is 1.70. The Kier molecular flexibility index (Phi) is 5.14. The molecule has 1 heterocycles. The van der Waals surface area contributed by atoms with Gasteiger partial charge in [-0.05, 0) is 18.9 Å². The highest BCUT2D eigenvalue weighted by atomic mass is 32.2. The zero-order valence-corrected chi connectivity index (χ0v) is 13.3. The topological polar surface area (TPSA) is 54.9 Å². The van der Waals surface area contributed by atoms with Gasteiger partial charge in [0, 0.05) is 12.6 Å². The molecule has 0 bridgehead atoms. The molecular formula is C14H17N3OS2. The number of nitrogens with one attached hydrogen (secondary N) is 1. The SMILES string of the molecule is CCc1ccc(C(=O)[C@H](C)Sc2nnc(NC)s2)cc1. The molecule has 0 aliphatic carbocycles. The van der Waals surface area contributed by atoms with Crippen LogP contribution in [0.25, 0.3) is 0 Å². The lowest BCUT2D eigenvalue weighted by molar-refractivity contribution is 0.0994. The molecule has 2 rings (SSSR count). The lowest BCUT2D eigenvalue weighted by atomic mass is 10.1. The zero-order chi connectivity index (χ0) is 14.5. The van der Waals surface area contributed by atoms with Gasteiger partial charge >= 0.3 is 0 Å². The predicted molar refractivity (Wildman–Crippen MR) is 84.9 cm³/mol. The van der Waals surface area contributed by atoms with E-state index in [1.165, 1.54) is 28.7 Å². The molecule has 0 radical (unpaired) electrons. The molecule has 2 aromatic rings. The van der Waals surface area contributed by atoms with Crippen LogP contribution in [-0.2, 0) is 6.42 Å². The maximum absolute atomic E-state index is 12.3. The van der Waals surface area contributed by atoms with Gasteiger partial charge < -0.3 is 5.32 Å². The molecule has 0 unspecified atom stereocenters. The lowest BCUT2D eigenvalue weighted by Gasteiger charge is -2.08. The minimum absolute atomic E-state index is 0.124. The highest BCUT2D eigenvalue weighted by molar-refractivity contribution is 8.02. The Morgan fingerprint density at radius 1 is 1.35 bits per heavy atom. The Hall–Kier alpha value is -1.40. The average Bonchev–Trinajstić information content (AvgIpc) is 2.94. The number of hydrogen-bond acceptors (Lipinski definition) is 6. The third-order valence-corrected chi connectivity index (χ3v) is 5.04. The van der Waals surface area contributed by atoms with Crippen molar-refractivity contribution in [3.05, 3.63) is 35.4 Å². The number of benzene rings is 1. The molecule has 1 N–H and O–H groups in total. The molecule has 0 saturated carbocycles. The van der Waals surface area contributed by atoms with Gasteiger partial charge in [-0.15, -0.1) is 10.2 Å². The van der Waals surface area contributed by atoms with Gasteiger partial charge in [-0.2, -0.15) is 0 Å². The molecule has 1 aromatic carbocycles. The summed E-state index contributed by atoms with van der Waals surface area (Å²) in [4.78, 5) is 12.3. The molecule has 0 saturated heterocycles. The Bertz CT molecular complexity index is 580. The van der Waals surface area contributed by atoms with Gasteiger partial charge in [0.25, 0.3) is 0 Å². The normalized spacial score (nSPS) is 12.2. The van der Waals surface area contributed by atoms with Crippen molar-refractivity contribution in [1.29, 1.82) is 0 Å². The molecule has 1 atom stereocenters. The van der Waals surface area contributed by atoms with Crippen LogP contribution in [0.3, 0.4) is 0 Å². The van der Waals surface area contributed by atoms with Crippen LogP contribution in [0.15, 0.2) is 28.6 Å². The second-order valence-electron chi connectivity index (χ2n) is 4.30. The van der Waals surface area contributed by atoms with Gasteiger partial charge in [-0.1, -0.05) is 54.3 Å². The first kappa shape index (κ1) is 15.0. The van der Waals surface area contributed by atoms with Crippen LogP contribution in [0.4, 0.5) is 5.13 Å². The second kappa shape index (κ2) is 6.85. The summed E-state index contributed by atoms with van der Waals surface area (Å²) in [7, 11) is 1.80. The summed E-state index contributed by atoms with van der Waals surface area (Å²) in [6.07, 6.45) is 0.982. The Balaban J connectivity index is 2.03. The number of ketones is 1. The number of anilines is 1. The van der Waals surface area contributed by atoms with Gasteiger partial charge in [0.1, 0.15) is 0 Å². The number of rotatable bonds is 6. The molecule has 0 fully saturated rings. The molecule has 20 heavy (non-hydrogen) atoms. The molecule has 6 heteroatoms. The van der Waals surface area contributed by atoms with Crippen molar-refractivity contribution in [2.24, 2.45) is 0 Å². The third-order valence-electron chi connectivity index (χ3n) is 2.91. The van der Waals surface area contributed by atoms with E-state index in [1.54, 1.807) is 7.05 Å². The van der Waals surface area contributed by atoms with Crippen molar-refractivity contribution >= 4 is 34.0 Å².